The van der Waals surface area contributed by atoms with E-state index in [4.69, 9.17) is 5.11 Å². The van der Waals surface area contributed by atoms with E-state index >= 15 is 0 Å². The van der Waals surface area contributed by atoms with Crippen molar-refractivity contribution in [3.8, 4) is 0 Å². The average Bonchev–Trinajstić information content (AvgIpc) is 2.36. The lowest BCUT2D eigenvalue weighted by molar-refractivity contribution is -0.198. The molecule has 0 aliphatic carbocycles. The molecule has 0 aromatic heterocycles. The van der Waals surface area contributed by atoms with Gasteiger partial charge in [0.2, 0.25) is 0 Å². The zero-order valence-corrected chi connectivity index (χ0v) is 11.2. The fourth-order valence-electron chi connectivity index (χ4n) is 2.44. The van der Waals surface area contributed by atoms with E-state index in [-0.39, 0.29) is 32.4 Å². The van der Waals surface area contributed by atoms with Crippen molar-refractivity contribution in [3.63, 3.8) is 0 Å². The van der Waals surface area contributed by atoms with Crippen LogP contribution < -0.4 is 0 Å². The summed E-state index contributed by atoms with van der Waals surface area (Å²) >= 11 is 0. The van der Waals surface area contributed by atoms with Gasteiger partial charge in [-0.3, -0.25) is 14.5 Å². The minimum atomic E-state index is -4.43. The van der Waals surface area contributed by atoms with Gasteiger partial charge in [0.05, 0.1) is 13.0 Å². The van der Waals surface area contributed by atoms with Crippen molar-refractivity contribution in [1.29, 1.82) is 0 Å². The SMILES string of the molecule is COC(=O)C1CCN(CCCC(=O)O)C(C(F)(F)F)C1. The normalized spacial score (nSPS) is 24.4. The number of alkyl halides is 3. The third-order valence-corrected chi connectivity index (χ3v) is 3.46. The number of carboxylic acids is 1. The maximum Gasteiger partial charge on any atom is 0.404 e. The lowest BCUT2D eigenvalue weighted by atomic mass is 9.90. The van der Waals surface area contributed by atoms with E-state index in [1.807, 2.05) is 0 Å². The number of esters is 1. The highest BCUT2D eigenvalue weighted by molar-refractivity contribution is 5.72. The Hall–Kier alpha value is -1.31. The number of rotatable bonds is 5. The first-order chi connectivity index (χ1) is 9.25. The number of carbonyl (C=O) groups is 2. The van der Waals surface area contributed by atoms with Crippen molar-refractivity contribution in [2.45, 2.75) is 37.9 Å². The lowest BCUT2D eigenvalue weighted by Crippen LogP contribution is -2.52. The monoisotopic (exact) mass is 297 g/mol. The van der Waals surface area contributed by atoms with Gasteiger partial charge in [0.25, 0.3) is 0 Å². The van der Waals surface area contributed by atoms with Gasteiger partial charge in [-0.05, 0) is 32.4 Å². The van der Waals surface area contributed by atoms with Gasteiger partial charge in [0.15, 0.2) is 0 Å². The fraction of sp³-hybridized carbons (Fsp3) is 0.833. The number of carbonyl (C=O) groups excluding carboxylic acids is 1. The second-order valence-electron chi connectivity index (χ2n) is 4.84. The maximum absolute atomic E-state index is 13.0. The molecule has 2 atom stereocenters. The van der Waals surface area contributed by atoms with Crippen molar-refractivity contribution in [3.05, 3.63) is 0 Å². The first kappa shape index (κ1) is 16.7. The Morgan fingerprint density at radius 1 is 1.40 bits per heavy atom. The molecule has 1 rings (SSSR count). The number of methoxy groups -OCH3 is 1. The molecule has 0 amide bonds. The molecule has 1 N–H and O–H groups in total. The minimum absolute atomic E-state index is 0.0599. The van der Waals surface area contributed by atoms with Crippen LogP contribution in [0.2, 0.25) is 0 Å². The Morgan fingerprint density at radius 2 is 2.05 bits per heavy atom. The van der Waals surface area contributed by atoms with Crippen molar-refractivity contribution in [2.75, 3.05) is 20.2 Å². The molecule has 116 valence electrons. The van der Waals surface area contributed by atoms with Crippen LogP contribution in [-0.4, -0.2) is 54.4 Å². The lowest BCUT2D eigenvalue weighted by Gasteiger charge is -2.39. The fourth-order valence-corrected chi connectivity index (χ4v) is 2.44. The summed E-state index contributed by atoms with van der Waals surface area (Å²) in [6.45, 7) is 0.175. The van der Waals surface area contributed by atoms with Crippen molar-refractivity contribution >= 4 is 11.9 Å². The molecule has 0 radical (unpaired) electrons. The Balaban J connectivity index is 2.65. The summed E-state index contributed by atoms with van der Waals surface area (Å²) < 4.78 is 43.5. The summed E-state index contributed by atoms with van der Waals surface area (Å²) in [6.07, 6.45) is -4.47. The van der Waals surface area contributed by atoms with Crippen LogP contribution in [0, 0.1) is 5.92 Å². The highest BCUT2D eigenvalue weighted by Crippen LogP contribution is 2.34. The molecule has 5 nitrogen and oxygen atoms in total. The summed E-state index contributed by atoms with van der Waals surface area (Å²) in [6, 6.07) is -1.71. The first-order valence-electron chi connectivity index (χ1n) is 6.36. The number of halogens is 3. The summed E-state index contributed by atoms with van der Waals surface area (Å²) in [7, 11) is 1.16. The topological polar surface area (TPSA) is 66.8 Å². The molecular formula is C12H18F3NO4. The molecular weight excluding hydrogens is 279 g/mol. The van der Waals surface area contributed by atoms with E-state index in [9.17, 15) is 22.8 Å². The van der Waals surface area contributed by atoms with Crippen LogP contribution in [-0.2, 0) is 14.3 Å². The van der Waals surface area contributed by atoms with E-state index in [2.05, 4.69) is 4.74 Å². The van der Waals surface area contributed by atoms with Gasteiger partial charge in [0, 0.05) is 6.42 Å². The minimum Gasteiger partial charge on any atom is -0.481 e. The van der Waals surface area contributed by atoms with Crippen molar-refractivity contribution in [2.24, 2.45) is 5.92 Å². The Bertz CT molecular complexity index is 359. The van der Waals surface area contributed by atoms with Crippen LogP contribution in [0.4, 0.5) is 13.2 Å². The number of hydrogen-bond donors (Lipinski definition) is 1. The number of hydrogen-bond acceptors (Lipinski definition) is 4. The largest absolute Gasteiger partial charge is 0.481 e. The molecule has 0 aromatic carbocycles. The predicted molar refractivity (Wildman–Crippen MR) is 63.0 cm³/mol. The van der Waals surface area contributed by atoms with Crippen LogP contribution in [0.15, 0.2) is 0 Å². The molecule has 1 aliphatic rings. The van der Waals surface area contributed by atoms with Gasteiger partial charge >= 0.3 is 18.1 Å². The van der Waals surface area contributed by atoms with Gasteiger partial charge in [-0.25, -0.2) is 0 Å². The maximum atomic E-state index is 13.0. The molecule has 1 heterocycles. The molecule has 0 bridgehead atoms. The summed E-state index contributed by atoms with van der Waals surface area (Å²) in [5.74, 6) is -2.40. The van der Waals surface area contributed by atoms with Crippen LogP contribution in [0.5, 0.6) is 0 Å². The quantitative estimate of drug-likeness (QED) is 0.782. The van der Waals surface area contributed by atoms with Gasteiger partial charge < -0.3 is 9.84 Å². The van der Waals surface area contributed by atoms with Gasteiger partial charge in [-0.15, -0.1) is 0 Å². The summed E-state index contributed by atoms with van der Waals surface area (Å²) in [5, 5.41) is 8.51. The summed E-state index contributed by atoms with van der Waals surface area (Å²) in [4.78, 5) is 23.0. The highest BCUT2D eigenvalue weighted by Gasteiger charge is 2.47. The predicted octanol–water partition coefficient (Wildman–Crippen LogP) is 1.67. The van der Waals surface area contributed by atoms with Crippen LogP contribution in [0.3, 0.4) is 0 Å². The molecule has 8 heteroatoms. The second-order valence-corrected chi connectivity index (χ2v) is 4.84. The number of aliphatic carboxylic acids is 1. The molecule has 0 aromatic rings. The highest BCUT2D eigenvalue weighted by atomic mass is 19.4. The first-order valence-corrected chi connectivity index (χ1v) is 6.36. The van der Waals surface area contributed by atoms with E-state index < -0.39 is 30.1 Å². The Labute approximate surface area is 114 Å². The van der Waals surface area contributed by atoms with Crippen molar-refractivity contribution in [1.82, 2.24) is 4.90 Å². The average molecular weight is 297 g/mol. The van der Waals surface area contributed by atoms with Gasteiger partial charge in [0.1, 0.15) is 6.04 Å². The molecule has 0 saturated carbocycles. The number of likely N-dealkylation sites (tertiary alicyclic amines) is 1. The zero-order chi connectivity index (χ0) is 15.3. The number of piperidine rings is 1. The number of carboxylic acid groups (broad SMARTS) is 1. The third kappa shape index (κ3) is 4.66. The molecule has 0 spiro atoms. The second kappa shape index (κ2) is 6.92. The Morgan fingerprint density at radius 3 is 2.55 bits per heavy atom. The van der Waals surface area contributed by atoms with Gasteiger partial charge in [-0.1, -0.05) is 0 Å². The summed E-state index contributed by atoms with van der Waals surface area (Å²) in [5.41, 5.74) is 0. The Kier molecular flexibility index (Phi) is 5.79. The molecule has 1 saturated heterocycles. The standard InChI is InChI=1S/C12H18F3NO4/c1-20-11(19)8-4-6-16(5-2-3-10(17)18)9(7-8)12(13,14)15/h8-9H,2-7H2,1H3,(H,17,18). The molecule has 1 aliphatic heterocycles. The van der Waals surface area contributed by atoms with E-state index in [0.717, 1.165) is 7.11 Å². The molecule has 2 unspecified atom stereocenters. The number of nitrogens with zero attached hydrogens (tertiary/aromatic N) is 1. The van der Waals surface area contributed by atoms with Gasteiger partial charge in [-0.2, -0.15) is 13.2 Å². The third-order valence-electron chi connectivity index (χ3n) is 3.46. The van der Waals surface area contributed by atoms with E-state index in [0.29, 0.717) is 6.42 Å². The smallest absolute Gasteiger partial charge is 0.404 e. The van der Waals surface area contributed by atoms with E-state index in [1.54, 1.807) is 0 Å². The molecule has 1 fully saturated rings. The van der Waals surface area contributed by atoms with Crippen LogP contribution >= 0.6 is 0 Å². The molecule has 20 heavy (non-hydrogen) atoms. The van der Waals surface area contributed by atoms with Crippen LogP contribution in [0.25, 0.3) is 0 Å². The zero-order valence-electron chi connectivity index (χ0n) is 11.2. The van der Waals surface area contributed by atoms with Crippen molar-refractivity contribution < 1.29 is 32.6 Å². The van der Waals surface area contributed by atoms with Crippen LogP contribution in [0.1, 0.15) is 25.7 Å². The van der Waals surface area contributed by atoms with E-state index in [1.165, 1.54) is 4.90 Å². The number of ether oxygens (including phenoxy) is 1.